The number of carbonyl (C=O) groups excluding carboxylic acids is 2. The molecule has 1 fully saturated rings. The SMILES string of the molecule is CN(CC(=O)Nc1ccc(N2CCN(C(=O)OC(C)(C)C)CC2)cn1)S(=O)(=O)c1cccs1. The Morgan fingerprint density at radius 3 is 2.42 bits per heavy atom. The third-order valence-electron chi connectivity index (χ3n) is 4.84. The molecule has 33 heavy (non-hydrogen) atoms. The van der Waals surface area contributed by atoms with Gasteiger partial charge in [0.2, 0.25) is 5.91 Å². The minimum atomic E-state index is -3.70. The normalized spacial score (nSPS) is 14.9. The molecule has 1 N–H and O–H groups in total. The maximum Gasteiger partial charge on any atom is 0.410 e. The molecule has 2 amide bonds. The second-order valence-electron chi connectivity index (χ2n) is 8.60. The molecule has 10 nitrogen and oxygen atoms in total. The number of piperazine rings is 1. The zero-order valence-corrected chi connectivity index (χ0v) is 20.8. The summed E-state index contributed by atoms with van der Waals surface area (Å²) in [4.78, 5) is 32.6. The number of ether oxygens (including phenoxy) is 1. The van der Waals surface area contributed by atoms with Gasteiger partial charge in [-0.25, -0.2) is 18.2 Å². The fourth-order valence-electron chi connectivity index (χ4n) is 3.15. The van der Waals surface area contributed by atoms with Crippen LogP contribution in [-0.4, -0.2) is 80.0 Å². The maximum atomic E-state index is 12.4. The monoisotopic (exact) mass is 495 g/mol. The highest BCUT2D eigenvalue weighted by molar-refractivity contribution is 7.91. The average molecular weight is 496 g/mol. The number of sulfonamides is 1. The molecule has 0 spiro atoms. The Bertz CT molecular complexity index is 1060. The van der Waals surface area contributed by atoms with Gasteiger partial charge in [-0.3, -0.25) is 4.79 Å². The van der Waals surface area contributed by atoms with Crippen molar-refractivity contribution < 1.29 is 22.7 Å². The first-order chi connectivity index (χ1) is 15.5. The molecular formula is C21H29N5O5S2. The molecule has 1 saturated heterocycles. The molecule has 1 aliphatic heterocycles. The van der Waals surface area contributed by atoms with E-state index in [1.165, 1.54) is 13.1 Å². The van der Waals surface area contributed by atoms with E-state index in [0.29, 0.717) is 32.0 Å². The van der Waals surface area contributed by atoms with Crippen LogP contribution in [0.15, 0.2) is 40.1 Å². The van der Waals surface area contributed by atoms with Crippen molar-refractivity contribution >= 4 is 44.9 Å². The summed E-state index contributed by atoms with van der Waals surface area (Å²) in [7, 11) is -2.33. The van der Waals surface area contributed by atoms with Crippen molar-refractivity contribution in [1.82, 2.24) is 14.2 Å². The average Bonchev–Trinajstić information content (AvgIpc) is 3.29. The minimum Gasteiger partial charge on any atom is -0.444 e. The van der Waals surface area contributed by atoms with Crippen molar-refractivity contribution in [3.8, 4) is 0 Å². The summed E-state index contributed by atoms with van der Waals surface area (Å²) < 4.78 is 31.5. The third-order valence-corrected chi connectivity index (χ3v) is 8.01. The van der Waals surface area contributed by atoms with E-state index in [4.69, 9.17) is 4.74 Å². The Balaban J connectivity index is 1.50. The number of hydrogen-bond donors (Lipinski definition) is 1. The molecule has 3 heterocycles. The Kier molecular flexibility index (Phi) is 7.60. The number of likely N-dealkylation sites (N-methyl/N-ethyl adjacent to an activating group) is 1. The number of anilines is 2. The first-order valence-electron chi connectivity index (χ1n) is 10.4. The summed E-state index contributed by atoms with van der Waals surface area (Å²) in [6.07, 6.45) is 1.33. The lowest BCUT2D eigenvalue weighted by molar-refractivity contribution is -0.116. The molecule has 180 valence electrons. The highest BCUT2D eigenvalue weighted by Crippen LogP contribution is 2.21. The Morgan fingerprint density at radius 2 is 1.88 bits per heavy atom. The zero-order chi connectivity index (χ0) is 24.2. The van der Waals surface area contributed by atoms with Crippen LogP contribution in [0.4, 0.5) is 16.3 Å². The highest BCUT2D eigenvalue weighted by Gasteiger charge is 2.26. The summed E-state index contributed by atoms with van der Waals surface area (Å²) in [6, 6.07) is 6.65. The van der Waals surface area contributed by atoms with Crippen molar-refractivity contribution in [3.05, 3.63) is 35.8 Å². The number of pyridine rings is 1. The van der Waals surface area contributed by atoms with Crippen molar-refractivity contribution in [1.29, 1.82) is 0 Å². The molecule has 0 unspecified atom stereocenters. The summed E-state index contributed by atoms with van der Waals surface area (Å²) in [5.74, 6) is -0.151. The number of nitrogens with zero attached hydrogens (tertiary/aromatic N) is 4. The quantitative estimate of drug-likeness (QED) is 0.655. The van der Waals surface area contributed by atoms with Crippen LogP contribution in [0.3, 0.4) is 0 Å². The maximum absolute atomic E-state index is 12.4. The van der Waals surface area contributed by atoms with Crippen molar-refractivity contribution in [3.63, 3.8) is 0 Å². The number of carbonyl (C=O) groups is 2. The topological polar surface area (TPSA) is 112 Å². The first-order valence-corrected chi connectivity index (χ1v) is 12.8. The number of amides is 2. The highest BCUT2D eigenvalue weighted by atomic mass is 32.2. The molecule has 0 atom stereocenters. The van der Waals surface area contributed by atoms with E-state index < -0.39 is 21.5 Å². The van der Waals surface area contributed by atoms with Crippen LogP contribution in [0.5, 0.6) is 0 Å². The summed E-state index contributed by atoms with van der Waals surface area (Å²) in [5.41, 5.74) is 0.343. The lowest BCUT2D eigenvalue weighted by Gasteiger charge is -2.36. The van der Waals surface area contributed by atoms with Crippen LogP contribution in [-0.2, 0) is 19.6 Å². The molecular weight excluding hydrogens is 466 g/mol. The molecule has 0 bridgehead atoms. The van der Waals surface area contributed by atoms with Crippen LogP contribution in [0, 0.1) is 0 Å². The van der Waals surface area contributed by atoms with Gasteiger partial charge in [0.25, 0.3) is 10.0 Å². The largest absolute Gasteiger partial charge is 0.444 e. The Labute approximate surface area is 198 Å². The first kappa shape index (κ1) is 24.9. The van der Waals surface area contributed by atoms with E-state index in [0.717, 1.165) is 21.3 Å². The van der Waals surface area contributed by atoms with Gasteiger partial charge in [-0.05, 0) is 44.4 Å². The van der Waals surface area contributed by atoms with Gasteiger partial charge >= 0.3 is 6.09 Å². The van der Waals surface area contributed by atoms with Crippen LogP contribution in [0.25, 0.3) is 0 Å². The second-order valence-corrected chi connectivity index (χ2v) is 11.8. The van der Waals surface area contributed by atoms with Gasteiger partial charge in [0, 0.05) is 33.2 Å². The Hall–Kier alpha value is -2.70. The van der Waals surface area contributed by atoms with Gasteiger partial charge in [-0.1, -0.05) is 6.07 Å². The zero-order valence-electron chi connectivity index (χ0n) is 19.1. The fourth-order valence-corrected chi connectivity index (χ4v) is 5.48. The standard InChI is InChI=1S/C21H29N5O5S2/c1-21(2,3)31-20(28)26-11-9-25(10-12-26)16-7-8-17(22-14-16)23-18(27)15-24(4)33(29,30)19-6-5-13-32-19/h5-8,13-14H,9-12,15H2,1-4H3,(H,22,23,27). The predicted octanol–water partition coefficient (Wildman–Crippen LogP) is 2.46. The van der Waals surface area contributed by atoms with Crippen LogP contribution < -0.4 is 10.2 Å². The van der Waals surface area contributed by atoms with E-state index >= 15 is 0 Å². The lowest BCUT2D eigenvalue weighted by atomic mass is 10.2. The van der Waals surface area contributed by atoms with E-state index in [2.05, 4.69) is 15.2 Å². The number of rotatable bonds is 6. The summed E-state index contributed by atoms with van der Waals surface area (Å²) >= 11 is 1.10. The van der Waals surface area contributed by atoms with E-state index in [1.54, 1.807) is 28.6 Å². The molecule has 3 rings (SSSR count). The second kappa shape index (κ2) is 10.1. The van der Waals surface area contributed by atoms with Gasteiger partial charge in [0.15, 0.2) is 0 Å². The fraction of sp³-hybridized carbons (Fsp3) is 0.476. The van der Waals surface area contributed by atoms with Gasteiger partial charge < -0.3 is 19.9 Å². The number of nitrogens with one attached hydrogen (secondary N) is 1. The van der Waals surface area contributed by atoms with Gasteiger partial charge in [0.1, 0.15) is 15.6 Å². The third kappa shape index (κ3) is 6.65. The number of thiophene rings is 1. The summed E-state index contributed by atoms with van der Waals surface area (Å²) in [5, 5.41) is 4.29. The van der Waals surface area contributed by atoms with Crippen LogP contribution >= 0.6 is 11.3 Å². The molecule has 0 aliphatic carbocycles. The predicted molar refractivity (Wildman–Crippen MR) is 127 cm³/mol. The van der Waals surface area contributed by atoms with Gasteiger partial charge in [-0.2, -0.15) is 4.31 Å². The lowest BCUT2D eigenvalue weighted by Crippen LogP contribution is -2.50. The number of aromatic nitrogens is 1. The molecule has 2 aromatic heterocycles. The van der Waals surface area contributed by atoms with Gasteiger partial charge in [0.05, 0.1) is 18.4 Å². The van der Waals surface area contributed by atoms with Crippen molar-refractivity contribution in [2.45, 2.75) is 30.6 Å². The van der Waals surface area contributed by atoms with E-state index in [9.17, 15) is 18.0 Å². The van der Waals surface area contributed by atoms with Crippen LogP contribution in [0.2, 0.25) is 0 Å². The van der Waals surface area contributed by atoms with Crippen molar-refractivity contribution in [2.75, 3.05) is 50.0 Å². The minimum absolute atomic E-state index is 0.187. The molecule has 0 radical (unpaired) electrons. The molecule has 1 aliphatic rings. The van der Waals surface area contributed by atoms with Crippen LogP contribution in [0.1, 0.15) is 20.8 Å². The molecule has 2 aromatic rings. The van der Waals surface area contributed by atoms with E-state index in [-0.39, 0.29) is 16.8 Å². The Morgan fingerprint density at radius 1 is 1.18 bits per heavy atom. The number of hydrogen-bond acceptors (Lipinski definition) is 8. The van der Waals surface area contributed by atoms with Gasteiger partial charge in [-0.15, -0.1) is 11.3 Å². The summed E-state index contributed by atoms with van der Waals surface area (Å²) in [6.45, 7) is 7.55. The van der Waals surface area contributed by atoms with E-state index in [1.807, 2.05) is 26.8 Å². The smallest absolute Gasteiger partial charge is 0.410 e. The molecule has 12 heteroatoms. The molecule has 0 saturated carbocycles. The molecule has 0 aromatic carbocycles. The van der Waals surface area contributed by atoms with Crippen molar-refractivity contribution in [2.24, 2.45) is 0 Å².